The first-order valence-electron chi connectivity index (χ1n) is 6.82. The highest BCUT2D eigenvalue weighted by molar-refractivity contribution is 5.75. The highest BCUT2D eigenvalue weighted by Gasteiger charge is 2.30. The Morgan fingerprint density at radius 1 is 1.44 bits per heavy atom. The largest absolute Gasteiger partial charge is 0.481 e. The van der Waals surface area contributed by atoms with Crippen LogP contribution in [0.4, 0.5) is 4.79 Å². The Morgan fingerprint density at radius 2 is 2.17 bits per heavy atom. The van der Waals surface area contributed by atoms with Crippen LogP contribution in [0.1, 0.15) is 46.0 Å². The molecule has 5 nitrogen and oxygen atoms in total. The van der Waals surface area contributed by atoms with Gasteiger partial charge in [-0.05, 0) is 25.2 Å². The molecule has 1 aliphatic heterocycles. The van der Waals surface area contributed by atoms with Crippen LogP contribution in [-0.4, -0.2) is 41.1 Å². The summed E-state index contributed by atoms with van der Waals surface area (Å²) in [5.74, 6) is -0.351. The minimum atomic E-state index is -0.882. The zero-order valence-corrected chi connectivity index (χ0v) is 11.3. The lowest BCUT2D eigenvalue weighted by atomic mass is 9.88. The van der Waals surface area contributed by atoms with Gasteiger partial charge in [-0.25, -0.2) is 4.79 Å². The van der Waals surface area contributed by atoms with Gasteiger partial charge in [0.25, 0.3) is 0 Å². The second-order valence-electron chi connectivity index (χ2n) is 5.04. The Kier molecular flexibility index (Phi) is 5.95. The third kappa shape index (κ3) is 4.20. The second-order valence-corrected chi connectivity index (χ2v) is 5.04. The lowest BCUT2D eigenvalue weighted by Crippen LogP contribution is -2.51. The molecule has 1 fully saturated rings. The Labute approximate surface area is 109 Å². The zero-order valence-electron chi connectivity index (χ0n) is 11.3. The number of nitrogens with one attached hydrogen (secondary N) is 1. The number of hydrogen-bond acceptors (Lipinski definition) is 2. The Bertz CT molecular complexity index is 294. The highest BCUT2D eigenvalue weighted by atomic mass is 16.4. The number of carboxylic acid groups (broad SMARTS) is 1. The van der Waals surface area contributed by atoms with Crippen molar-refractivity contribution in [3.63, 3.8) is 0 Å². The summed E-state index contributed by atoms with van der Waals surface area (Å²) in [6, 6.07) is 0.190. The Morgan fingerprint density at radius 3 is 2.78 bits per heavy atom. The standard InChI is InChI=1S/C13H24N2O3/c1-3-5-11-10(2)6-4-9-15(11)13(18)14-8-7-12(16)17/h10-11H,3-9H2,1-2H3,(H,14,18)(H,16,17). The van der Waals surface area contributed by atoms with Gasteiger partial charge in [0.2, 0.25) is 0 Å². The molecule has 0 aliphatic carbocycles. The molecule has 0 saturated carbocycles. The van der Waals surface area contributed by atoms with Crippen molar-refractivity contribution in [1.82, 2.24) is 10.2 Å². The fourth-order valence-electron chi connectivity index (χ4n) is 2.62. The lowest BCUT2D eigenvalue weighted by Gasteiger charge is -2.40. The number of urea groups is 1. The summed E-state index contributed by atoms with van der Waals surface area (Å²) in [5, 5.41) is 11.2. The number of carbonyl (C=O) groups is 2. The van der Waals surface area contributed by atoms with Crippen LogP contribution in [0.15, 0.2) is 0 Å². The number of nitrogens with zero attached hydrogens (tertiary/aromatic N) is 1. The van der Waals surface area contributed by atoms with Crippen molar-refractivity contribution in [3.8, 4) is 0 Å². The molecule has 1 rings (SSSR count). The minimum Gasteiger partial charge on any atom is -0.481 e. The van der Waals surface area contributed by atoms with Crippen molar-refractivity contribution < 1.29 is 14.7 Å². The molecule has 0 aromatic rings. The van der Waals surface area contributed by atoms with Crippen molar-refractivity contribution in [2.45, 2.75) is 52.0 Å². The van der Waals surface area contributed by atoms with Crippen molar-refractivity contribution in [2.24, 2.45) is 5.92 Å². The molecule has 104 valence electrons. The van der Waals surface area contributed by atoms with E-state index >= 15 is 0 Å². The predicted octanol–water partition coefficient (Wildman–Crippen LogP) is 2.07. The maximum Gasteiger partial charge on any atom is 0.317 e. The molecule has 2 N–H and O–H groups in total. The molecule has 0 spiro atoms. The van der Waals surface area contributed by atoms with Crippen LogP contribution >= 0.6 is 0 Å². The molecular weight excluding hydrogens is 232 g/mol. The van der Waals surface area contributed by atoms with Crippen LogP contribution in [0.3, 0.4) is 0 Å². The first-order valence-corrected chi connectivity index (χ1v) is 6.82. The number of aliphatic carboxylic acids is 1. The monoisotopic (exact) mass is 256 g/mol. The average molecular weight is 256 g/mol. The Hall–Kier alpha value is -1.26. The number of carboxylic acids is 1. The molecular formula is C13H24N2O3. The van der Waals surface area contributed by atoms with Gasteiger partial charge in [0.05, 0.1) is 6.42 Å². The SMILES string of the molecule is CCCC1C(C)CCCN1C(=O)NCCC(=O)O. The van der Waals surface area contributed by atoms with E-state index in [1.54, 1.807) is 0 Å². The van der Waals surface area contributed by atoms with Crippen LogP contribution in [-0.2, 0) is 4.79 Å². The molecule has 2 atom stereocenters. The van der Waals surface area contributed by atoms with E-state index in [0.29, 0.717) is 12.0 Å². The van der Waals surface area contributed by atoms with Crippen molar-refractivity contribution in [3.05, 3.63) is 0 Å². The third-order valence-corrected chi connectivity index (χ3v) is 3.58. The van der Waals surface area contributed by atoms with Crippen LogP contribution in [0, 0.1) is 5.92 Å². The second kappa shape index (κ2) is 7.24. The summed E-state index contributed by atoms with van der Waals surface area (Å²) < 4.78 is 0. The molecule has 0 bridgehead atoms. The topological polar surface area (TPSA) is 69.6 Å². The molecule has 1 heterocycles. The smallest absolute Gasteiger partial charge is 0.317 e. The van der Waals surface area contributed by atoms with E-state index in [1.807, 2.05) is 4.90 Å². The van der Waals surface area contributed by atoms with E-state index in [0.717, 1.165) is 25.8 Å². The van der Waals surface area contributed by atoms with Crippen LogP contribution in [0.2, 0.25) is 0 Å². The van der Waals surface area contributed by atoms with Crippen LogP contribution in [0.5, 0.6) is 0 Å². The summed E-state index contributed by atoms with van der Waals surface area (Å²) >= 11 is 0. The van der Waals surface area contributed by atoms with Crippen molar-refractivity contribution in [2.75, 3.05) is 13.1 Å². The van der Waals surface area contributed by atoms with Gasteiger partial charge in [-0.2, -0.15) is 0 Å². The van der Waals surface area contributed by atoms with E-state index in [1.165, 1.54) is 6.42 Å². The average Bonchev–Trinajstić information content (AvgIpc) is 2.31. The van der Waals surface area contributed by atoms with Crippen molar-refractivity contribution >= 4 is 12.0 Å². The first kappa shape index (κ1) is 14.8. The summed E-state index contributed by atoms with van der Waals surface area (Å²) in [7, 11) is 0. The number of likely N-dealkylation sites (tertiary alicyclic amines) is 1. The van der Waals surface area contributed by atoms with E-state index < -0.39 is 5.97 Å². The molecule has 2 amide bonds. The quantitative estimate of drug-likeness (QED) is 0.791. The number of carbonyl (C=O) groups excluding carboxylic acids is 1. The molecule has 0 aromatic heterocycles. The van der Waals surface area contributed by atoms with E-state index in [4.69, 9.17) is 5.11 Å². The first-order chi connectivity index (χ1) is 8.56. The van der Waals surface area contributed by atoms with Gasteiger partial charge in [-0.15, -0.1) is 0 Å². The molecule has 1 saturated heterocycles. The summed E-state index contributed by atoms with van der Waals surface area (Å²) in [6.45, 7) is 5.31. The normalized spacial score (nSPS) is 23.8. The fraction of sp³-hybridized carbons (Fsp3) is 0.846. The zero-order chi connectivity index (χ0) is 13.5. The van der Waals surface area contributed by atoms with E-state index in [2.05, 4.69) is 19.2 Å². The predicted molar refractivity (Wildman–Crippen MR) is 69.5 cm³/mol. The Balaban J connectivity index is 2.49. The molecule has 2 unspecified atom stereocenters. The molecule has 1 aliphatic rings. The van der Waals surface area contributed by atoms with Gasteiger partial charge in [-0.1, -0.05) is 20.3 Å². The van der Waals surface area contributed by atoms with E-state index in [9.17, 15) is 9.59 Å². The maximum absolute atomic E-state index is 12.0. The van der Waals surface area contributed by atoms with E-state index in [-0.39, 0.29) is 19.0 Å². The number of amides is 2. The molecule has 0 radical (unpaired) electrons. The van der Waals surface area contributed by atoms with Crippen molar-refractivity contribution in [1.29, 1.82) is 0 Å². The van der Waals surface area contributed by atoms with Gasteiger partial charge >= 0.3 is 12.0 Å². The minimum absolute atomic E-state index is 0.0203. The fourth-order valence-corrected chi connectivity index (χ4v) is 2.62. The number of rotatable bonds is 5. The summed E-state index contributed by atoms with van der Waals surface area (Å²) in [4.78, 5) is 24.3. The van der Waals surface area contributed by atoms with Crippen LogP contribution in [0.25, 0.3) is 0 Å². The van der Waals surface area contributed by atoms with Gasteiger partial charge in [0.1, 0.15) is 0 Å². The number of piperidine rings is 1. The third-order valence-electron chi connectivity index (χ3n) is 3.58. The summed E-state index contributed by atoms with van der Waals surface area (Å²) in [5.41, 5.74) is 0. The summed E-state index contributed by atoms with van der Waals surface area (Å²) in [6.07, 6.45) is 4.27. The molecule has 5 heteroatoms. The maximum atomic E-state index is 12.0. The molecule has 18 heavy (non-hydrogen) atoms. The van der Waals surface area contributed by atoms with Gasteiger partial charge < -0.3 is 15.3 Å². The van der Waals surface area contributed by atoms with Crippen LogP contribution < -0.4 is 5.32 Å². The number of hydrogen-bond donors (Lipinski definition) is 2. The van der Waals surface area contributed by atoms with Gasteiger partial charge in [0, 0.05) is 19.1 Å². The molecule has 0 aromatic carbocycles. The lowest BCUT2D eigenvalue weighted by molar-refractivity contribution is -0.136. The highest BCUT2D eigenvalue weighted by Crippen LogP contribution is 2.26. The van der Waals surface area contributed by atoms with Gasteiger partial charge in [0.15, 0.2) is 0 Å². The van der Waals surface area contributed by atoms with Gasteiger partial charge in [-0.3, -0.25) is 4.79 Å².